The van der Waals surface area contributed by atoms with Gasteiger partial charge in [0.1, 0.15) is 0 Å². The lowest BCUT2D eigenvalue weighted by atomic mass is 9.96. The number of fused-ring (bicyclic) bond motifs is 4. The summed E-state index contributed by atoms with van der Waals surface area (Å²) in [6.07, 6.45) is 3.63. The van der Waals surface area contributed by atoms with E-state index in [0.29, 0.717) is 42.0 Å². The molecule has 4 heterocycles. The number of ether oxygens (including phenoxy) is 3. The molecule has 0 aliphatic carbocycles. The van der Waals surface area contributed by atoms with Crippen molar-refractivity contribution < 1.29 is 19.3 Å². The molecule has 8 nitrogen and oxygen atoms in total. The molecule has 4 aromatic rings. The van der Waals surface area contributed by atoms with Gasteiger partial charge in [0.05, 0.1) is 36.0 Å². The highest BCUT2D eigenvalue weighted by Crippen LogP contribution is 2.36. The summed E-state index contributed by atoms with van der Waals surface area (Å²) in [5.74, 6) is 1.13. The maximum absolute atomic E-state index is 13.5. The molecule has 32 heavy (non-hydrogen) atoms. The number of aliphatic hydroxyl groups is 1. The van der Waals surface area contributed by atoms with Crippen molar-refractivity contribution in [3.63, 3.8) is 0 Å². The van der Waals surface area contributed by atoms with Crippen molar-refractivity contribution in [1.29, 1.82) is 0 Å². The van der Waals surface area contributed by atoms with Crippen molar-refractivity contribution in [3.05, 3.63) is 70.4 Å². The fourth-order valence-electron chi connectivity index (χ4n) is 4.68. The minimum atomic E-state index is -0.739. The van der Waals surface area contributed by atoms with Crippen LogP contribution in [0.1, 0.15) is 23.6 Å². The number of nitrogens with zero attached hydrogens (tertiary/aromatic N) is 3. The molecule has 162 valence electrons. The molecule has 0 bridgehead atoms. The van der Waals surface area contributed by atoms with Crippen LogP contribution in [0.2, 0.25) is 0 Å². The Kier molecular flexibility index (Phi) is 4.55. The zero-order valence-corrected chi connectivity index (χ0v) is 17.2. The maximum atomic E-state index is 13.5. The lowest BCUT2D eigenvalue weighted by Gasteiger charge is -2.29. The Hall–Kier alpha value is -3.49. The molecule has 0 unspecified atom stereocenters. The Morgan fingerprint density at radius 1 is 1.06 bits per heavy atom. The van der Waals surface area contributed by atoms with Gasteiger partial charge >= 0.3 is 0 Å². The summed E-state index contributed by atoms with van der Waals surface area (Å²) in [6, 6.07) is 11.4. The van der Waals surface area contributed by atoms with Crippen LogP contribution in [0.5, 0.6) is 11.6 Å². The van der Waals surface area contributed by atoms with Crippen LogP contribution >= 0.6 is 0 Å². The third kappa shape index (κ3) is 3.03. The summed E-state index contributed by atoms with van der Waals surface area (Å²) in [5, 5.41) is 12.9. The fourth-order valence-corrected chi connectivity index (χ4v) is 4.68. The summed E-state index contributed by atoms with van der Waals surface area (Å²) in [7, 11) is 0. The number of rotatable bonds is 3. The highest BCUT2D eigenvalue weighted by molar-refractivity contribution is 6.06. The van der Waals surface area contributed by atoms with E-state index in [-0.39, 0.29) is 25.0 Å². The van der Waals surface area contributed by atoms with Crippen molar-refractivity contribution in [2.24, 2.45) is 0 Å². The van der Waals surface area contributed by atoms with Crippen LogP contribution in [0, 0.1) is 0 Å². The number of benzene rings is 2. The number of pyridine rings is 1. The molecule has 0 spiro atoms. The summed E-state index contributed by atoms with van der Waals surface area (Å²) in [5.41, 5.74) is 2.43. The molecule has 2 aromatic carbocycles. The van der Waals surface area contributed by atoms with E-state index < -0.39 is 6.10 Å². The fraction of sp³-hybridized carbons (Fsp3) is 0.292. The van der Waals surface area contributed by atoms with Crippen LogP contribution < -0.4 is 15.0 Å². The largest absolute Gasteiger partial charge is 0.451 e. The molecule has 2 aromatic heterocycles. The van der Waals surface area contributed by atoms with Gasteiger partial charge in [-0.1, -0.05) is 24.3 Å². The van der Waals surface area contributed by atoms with E-state index in [1.165, 1.54) is 0 Å². The van der Waals surface area contributed by atoms with Crippen molar-refractivity contribution >= 4 is 21.7 Å². The average molecular weight is 431 g/mol. The lowest BCUT2D eigenvalue weighted by molar-refractivity contribution is -0.0395. The molecule has 1 saturated heterocycles. The molecule has 0 saturated carbocycles. The zero-order valence-electron chi connectivity index (χ0n) is 17.2. The SMILES string of the molecule is O=c1c2cc(Cc3ccnc4c3OCO4)c3ccccc3c2ncn1[C@H]1CCOC[C@@H]1O. The van der Waals surface area contributed by atoms with Crippen LogP contribution in [0.15, 0.2) is 53.7 Å². The third-order valence-corrected chi connectivity index (χ3v) is 6.26. The molecule has 1 N–H and O–H groups in total. The van der Waals surface area contributed by atoms with E-state index in [1.54, 1.807) is 17.1 Å². The van der Waals surface area contributed by atoms with Gasteiger partial charge in [0.25, 0.3) is 11.4 Å². The van der Waals surface area contributed by atoms with Crippen molar-refractivity contribution in [1.82, 2.24) is 14.5 Å². The normalized spacial score (nSPS) is 20.2. The first-order valence-electron chi connectivity index (χ1n) is 10.6. The molecular weight excluding hydrogens is 410 g/mol. The summed E-state index contributed by atoms with van der Waals surface area (Å²) >= 11 is 0. The van der Waals surface area contributed by atoms with Crippen LogP contribution in [-0.2, 0) is 11.2 Å². The Morgan fingerprint density at radius 2 is 1.94 bits per heavy atom. The predicted octanol–water partition coefficient (Wildman–Crippen LogP) is 2.59. The van der Waals surface area contributed by atoms with E-state index in [2.05, 4.69) is 9.97 Å². The maximum Gasteiger partial charge on any atom is 0.261 e. The molecule has 8 heteroatoms. The highest BCUT2D eigenvalue weighted by atomic mass is 16.7. The lowest BCUT2D eigenvalue weighted by Crippen LogP contribution is -2.39. The average Bonchev–Trinajstić information content (AvgIpc) is 3.31. The number of hydrogen-bond acceptors (Lipinski definition) is 7. The number of aliphatic hydroxyl groups excluding tert-OH is 1. The molecular formula is C24H21N3O5. The standard InChI is InChI=1S/C24H21N3O5/c28-20-11-30-8-6-19(20)27-12-26-21-17-4-2-1-3-16(17)15(10-18(21)24(27)29)9-14-5-7-25-23-22(14)31-13-32-23/h1-5,7,10,12,19-20,28H,6,8-9,11,13H2/t19-,20-/m0/s1. The topological polar surface area (TPSA) is 95.7 Å². The summed E-state index contributed by atoms with van der Waals surface area (Å²) in [6.45, 7) is 0.873. The van der Waals surface area contributed by atoms with E-state index in [9.17, 15) is 9.90 Å². The van der Waals surface area contributed by atoms with E-state index in [4.69, 9.17) is 14.2 Å². The number of hydrogen-bond donors (Lipinski definition) is 1. The van der Waals surface area contributed by atoms with Gasteiger partial charge in [0.2, 0.25) is 6.79 Å². The molecule has 0 radical (unpaired) electrons. The Labute approximate surface area is 183 Å². The first-order chi connectivity index (χ1) is 15.7. The number of aromatic nitrogens is 3. The highest BCUT2D eigenvalue weighted by Gasteiger charge is 2.27. The summed E-state index contributed by atoms with van der Waals surface area (Å²) in [4.78, 5) is 22.4. The Balaban J connectivity index is 1.54. The van der Waals surface area contributed by atoms with Crippen molar-refractivity contribution in [2.45, 2.75) is 25.0 Å². The van der Waals surface area contributed by atoms with Crippen molar-refractivity contribution in [2.75, 3.05) is 20.0 Å². The van der Waals surface area contributed by atoms with Crippen LogP contribution in [0.3, 0.4) is 0 Å². The van der Waals surface area contributed by atoms with Gasteiger partial charge in [-0.15, -0.1) is 0 Å². The van der Waals surface area contributed by atoms with Crippen LogP contribution in [0.4, 0.5) is 0 Å². The monoisotopic (exact) mass is 431 g/mol. The van der Waals surface area contributed by atoms with Gasteiger partial charge in [0, 0.05) is 30.2 Å². The molecule has 6 rings (SSSR count). The minimum Gasteiger partial charge on any atom is -0.451 e. The van der Waals surface area contributed by atoms with Crippen molar-refractivity contribution in [3.8, 4) is 11.6 Å². The van der Waals surface area contributed by atoms with Crippen LogP contribution in [0.25, 0.3) is 21.7 Å². The van der Waals surface area contributed by atoms with Gasteiger partial charge in [-0.05, 0) is 29.5 Å². The van der Waals surface area contributed by atoms with Gasteiger partial charge < -0.3 is 19.3 Å². The first-order valence-corrected chi connectivity index (χ1v) is 10.6. The van der Waals surface area contributed by atoms with Crippen LogP contribution in [-0.4, -0.2) is 45.8 Å². The van der Waals surface area contributed by atoms with E-state index in [0.717, 1.165) is 21.9 Å². The Morgan fingerprint density at radius 3 is 2.81 bits per heavy atom. The molecule has 2 atom stereocenters. The van der Waals surface area contributed by atoms with Gasteiger partial charge in [-0.25, -0.2) is 9.97 Å². The molecule has 1 fully saturated rings. The Bertz CT molecular complexity index is 1400. The van der Waals surface area contributed by atoms with E-state index in [1.807, 2.05) is 36.4 Å². The van der Waals surface area contributed by atoms with Gasteiger partial charge in [0.15, 0.2) is 5.75 Å². The van der Waals surface area contributed by atoms with Gasteiger partial charge in [-0.2, -0.15) is 0 Å². The second-order valence-corrected chi connectivity index (χ2v) is 8.12. The second kappa shape index (κ2) is 7.58. The smallest absolute Gasteiger partial charge is 0.261 e. The quantitative estimate of drug-likeness (QED) is 0.498. The summed E-state index contributed by atoms with van der Waals surface area (Å²) < 4.78 is 17.9. The minimum absolute atomic E-state index is 0.153. The third-order valence-electron chi connectivity index (χ3n) is 6.26. The molecule has 2 aliphatic rings. The van der Waals surface area contributed by atoms with Gasteiger partial charge in [-0.3, -0.25) is 9.36 Å². The molecule has 2 aliphatic heterocycles. The second-order valence-electron chi connectivity index (χ2n) is 8.12. The molecule has 0 amide bonds. The van der Waals surface area contributed by atoms with E-state index >= 15 is 0 Å². The zero-order chi connectivity index (χ0) is 21.7. The predicted molar refractivity (Wildman–Crippen MR) is 117 cm³/mol. The first kappa shape index (κ1) is 19.2.